The summed E-state index contributed by atoms with van der Waals surface area (Å²) in [5.74, 6) is 0.808. The van der Waals surface area contributed by atoms with Crippen LogP contribution in [0.15, 0.2) is 0 Å². The Labute approximate surface area is 115 Å². The van der Waals surface area contributed by atoms with E-state index in [9.17, 15) is 0 Å². The van der Waals surface area contributed by atoms with Gasteiger partial charge in [-0.2, -0.15) is 0 Å². The molecule has 1 fully saturated rings. The highest BCUT2D eigenvalue weighted by atomic mass is 15.1. The van der Waals surface area contributed by atoms with Crippen molar-refractivity contribution in [3.8, 4) is 0 Å². The molecule has 0 radical (unpaired) electrons. The number of rotatable bonds is 4. The Bertz CT molecular complexity index is 252. The molecule has 0 saturated carbocycles. The van der Waals surface area contributed by atoms with Crippen molar-refractivity contribution in [1.29, 1.82) is 0 Å². The average molecular weight is 254 g/mol. The Morgan fingerprint density at radius 2 is 1.83 bits per heavy atom. The van der Waals surface area contributed by atoms with Crippen LogP contribution in [0.25, 0.3) is 0 Å². The molecule has 1 N–H and O–H groups in total. The summed E-state index contributed by atoms with van der Waals surface area (Å²) in [5.41, 5.74) is 0.618. The third kappa shape index (κ3) is 5.71. The van der Waals surface area contributed by atoms with Crippen LogP contribution >= 0.6 is 0 Å². The number of piperidine rings is 1. The number of likely N-dealkylation sites (tertiary alicyclic amines) is 1. The molecule has 1 rings (SSSR count). The molecule has 0 spiro atoms. The molecule has 2 heteroatoms. The van der Waals surface area contributed by atoms with Crippen LogP contribution in [0.3, 0.4) is 0 Å². The minimum atomic E-state index is 0.230. The molecule has 18 heavy (non-hydrogen) atoms. The number of nitrogens with zero attached hydrogens (tertiary/aromatic N) is 1. The molecular weight excluding hydrogens is 220 g/mol. The Morgan fingerprint density at radius 1 is 1.22 bits per heavy atom. The van der Waals surface area contributed by atoms with E-state index in [1.54, 1.807) is 0 Å². The zero-order chi connectivity index (χ0) is 14.0. The minimum Gasteiger partial charge on any atom is -0.309 e. The lowest BCUT2D eigenvalue weighted by molar-refractivity contribution is 0.146. The maximum atomic E-state index is 3.88. The quantitative estimate of drug-likeness (QED) is 0.826. The summed E-state index contributed by atoms with van der Waals surface area (Å²) < 4.78 is 0. The van der Waals surface area contributed by atoms with Gasteiger partial charge in [-0.3, -0.25) is 0 Å². The van der Waals surface area contributed by atoms with E-state index < -0.39 is 0 Å². The Kier molecular flexibility index (Phi) is 5.25. The zero-order valence-corrected chi connectivity index (χ0v) is 13.6. The molecule has 2 atom stereocenters. The van der Waals surface area contributed by atoms with Gasteiger partial charge in [0.25, 0.3) is 0 Å². The molecule has 0 aliphatic carbocycles. The third-order valence-electron chi connectivity index (χ3n) is 3.96. The lowest BCUT2D eigenvalue weighted by atomic mass is 9.80. The normalized spacial score (nSPS) is 25.2. The predicted octanol–water partition coefficient (Wildman–Crippen LogP) is 3.52. The summed E-state index contributed by atoms with van der Waals surface area (Å²) in [6, 6.07) is 0.616. The Morgan fingerprint density at radius 3 is 2.33 bits per heavy atom. The van der Waals surface area contributed by atoms with Gasteiger partial charge in [0.2, 0.25) is 0 Å². The number of nitrogens with one attached hydrogen (secondary N) is 1. The molecular formula is C16H34N2. The van der Waals surface area contributed by atoms with Crippen LogP contribution in [0.4, 0.5) is 0 Å². The van der Waals surface area contributed by atoms with Gasteiger partial charge >= 0.3 is 0 Å². The average Bonchev–Trinajstić information content (AvgIpc) is 2.12. The van der Waals surface area contributed by atoms with Crippen LogP contribution in [-0.4, -0.2) is 36.6 Å². The van der Waals surface area contributed by atoms with E-state index in [0.29, 0.717) is 11.5 Å². The van der Waals surface area contributed by atoms with Gasteiger partial charge in [-0.15, -0.1) is 0 Å². The van der Waals surface area contributed by atoms with Crippen LogP contribution in [0.5, 0.6) is 0 Å². The summed E-state index contributed by atoms with van der Waals surface area (Å²) >= 11 is 0. The van der Waals surface area contributed by atoms with Gasteiger partial charge in [-0.05, 0) is 65.0 Å². The minimum absolute atomic E-state index is 0.230. The summed E-state index contributed by atoms with van der Waals surface area (Å²) in [5, 5.41) is 3.88. The Balaban J connectivity index is 2.49. The van der Waals surface area contributed by atoms with Crippen LogP contribution in [0.2, 0.25) is 0 Å². The van der Waals surface area contributed by atoms with Crippen molar-refractivity contribution in [2.75, 3.05) is 20.1 Å². The standard InChI is InChI=1S/C16H34N2/c1-13(14-9-8-10-18(7)11-14)17-16(5,6)12-15(2,3)4/h13-14,17H,8-12H2,1-7H3. The molecule has 0 bridgehead atoms. The molecule has 2 unspecified atom stereocenters. The van der Waals surface area contributed by atoms with Crippen LogP contribution in [0, 0.1) is 11.3 Å². The first-order valence-electron chi connectivity index (χ1n) is 7.55. The molecule has 108 valence electrons. The van der Waals surface area contributed by atoms with E-state index in [4.69, 9.17) is 0 Å². The SMILES string of the molecule is CC(NC(C)(C)CC(C)(C)C)C1CCCN(C)C1. The van der Waals surface area contributed by atoms with Crippen molar-refractivity contribution in [3.63, 3.8) is 0 Å². The first kappa shape index (κ1) is 16.0. The van der Waals surface area contributed by atoms with Crippen molar-refractivity contribution in [1.82, 2.24) is 10.2 Å². The first-order valence-corrected chi connectivity index (χ1v) is 7.55. The van der Waals surface area contributed by atoms with Gasteiger partial charge in [0.1, 0.15) is 0 Å². The lowest BCUT2D eigenvalue weighted by Gasteiger charge is -2.40. The molecule has 0 aromatic carbocycles. The van der Waals surface area contributed by atoms with Crippen LogP contribution in [-0.2, 0) is 0 Å². The molecule has 1 saturated heterocycles. The second kappa shape index (κ2) is 5.92. The fourth-order valence-corrected chi connectivity index (χ4v) is 3.73. The number of hydrogen-bond acceptors (Lipinski definition) is 2. The van der Waals surface area contributed by atoms with E-state index >= 15 is 0 Å². The van der Waals surface area contributed by atoms with Crippen LogP contribution in [0.1, 0.15) is 60.8 Å². The molecule has 0 amide bonds. The number of hydrogen-bond donors (Lipinski definition) is 1. The molecule has 0 aromatic rings. The van der Waals surface area contributed by atoms with Crippen LogP contribution < -0.4 is 5.32 Å². The molecule has 1 aliphatic rings. The largest absolute Gasteiger partial charge is 0.309 e. The van der Waals surface area contributed by atoms with Crippen molar-refractivity contribution < 1.29 is 0 Å². The van der Waals surface area contributed by atoms with E-state index in [2.05, 4.69) is 58.8 Å². The summed E-state index contributed by atoms with van der Waals surface area (Å²) in [6.45, 7) is 16.6. The zero-order valence-electron chi connectivity index (χ0n) is 13.6. The Hall–Kier alpha value is -0.0800. The molecule has 2 nitrogen and oxygen atoms in total. The highest BCUT2D eigenvalue weighted by Crippen LogP contribution is 2.28. The predicted molar refractivity (Wildman–Crippen MR) is 81.0 cm³/mol. The fraction of sp³-hybridized carbons (Fsp3) is 1.00. The molecule has 1 aliphatic heterocycles. The van der Waals surface area contributed by atoms with Gasteiger partial charge in [-0.25, -0.2) is 0 Å². The maximum absolute atomic E-state index is 3.88. The lowest BCUT2D eigenvalue weighted by Crippen LogP contribution is -2.52. The molecule has 0 aromatic heterocycles. The van der Waals surface area contributed by atoms with Gasteiger partial charge < -0.3 is 10.2 Å². The van der Waals surface area contributed by atoms with E-state index in [0.717, 1.165) is 5.92 Å². The topological polar surface area (TPSA) is 15.3 Å². The van der Waals surface area contributed by atoms with E-state index in [-0.39, 0.29) is 5.54 Å². The van der Waals surface area contributed by atoms with E-state index in [1.165, 1.54) is 32.4 Å². The molecule has 1 heterocycles. The van der Waals surface area contributed by atoms with Crippen molar-refractivity contribution in [2.45, 2.75) is 72.4 Å². The second-order valence-electron chi connectivity index (χ2n) is 8.22. The summed E-state index contributed by atoms with van der Waals surface area (Å²) in [7, 11) is 2.25. The van der Waals surface area contributed by atoms with Crippen molar-refractivity contribution >= 4 is 0 Å². The maximum Gasteiger partial charge on any atom is 0.0132 e. The fourth-order valence-electron chi connectivity index (χ4n) is 3.73. The highest BCUT2D eigenvalue weighted by Gasteiger charge is 2.30. The smallest absolute Gasteiger partial charge is 0.0132 e. The van der Waals surface area contributed by atoms with Gasteiger partial charge in [0, 0.05) is 18.1 Å². The summed E-state index contributed by atoms with van der Waals surface area (Å²) in [4.78, 5) is 2.48. The van der Waals surface area contributed by atoms with E-state index in [1.807, 2.05) is 0 Å². The highest BCUT2D eigenvalue weighted by molar-refractivity contribution is 4.89. The van der Waals surface area contributed by atoms with Crippen molar-refractivity contribution in [2.24, 2.45) is 11.3 Å². The van der Waals surface area contributed by atoms with Gasteiger partial charge in [-0.1, -0.05) is 20.8 Å². The third-order valence-corrected chi connectivity index (χ3v) is 3.96. The van der Waals surface area contributed by atoms with Gasteiger partial charge in [0.05, 0.1) is 0 Å². The summed E-state index contributed by atoms with van der Waals surface area (Å²) in [6.07, 6.45) is 3.95. The first-order chi connectivity index (χ1) is 8.09. The van der Waals surface area contributed by atoms with Crippen molar-refractivity contribution in [3.05, 3.63) is 0 Å². The second-order valence-corrected chi connectivity index (χ2v) is 8.22. The van der Waals surface area contributed by atoms with Gasteiger partial charge in [0.15, 0.2) is 0 Å². The monoisotopic (exact) mass is 254 g/mol.